The molecule has 1 aromatic rings. The van der Waals surface area contributed by atoms with Gasteiger partial charge in [0.2, 0.25) is 0 Å². The van der Waals surface area contributed by atoms with Crippen LogP contribution in [0.3, 0.4) is 0 Å². The Morgan fingerprint density at radius 3 is 3.08 bits per heavy atom. The number of rotatable bonds is 4. The summed E-state index contributed by atoms with van der Waals surface area (Å²) in [6, 6.07) is 0.326. The van der Waals surface area contributed by atoms with Gasteiger partial charge in [0, 0.05) is 32.3 Å². The first-order valence-corrected chi connectivity index (χ1v) is 4.24. The highest BCUT2D eigenvalue weighted by Crippen LogP contribution is 1.93. The molecular weight excluding hydrogens is 164 g/mol. The zero-order valence-electron chi connectivity index (χ0n) is 7.99. The van der Waals surface area contributed by atoms with E-state index in [9.17, 15) is 0 Å². The van der Waals surface area contributed by atoms with Gasteiger partial charge in [-0.15, -0.1) is 17.4 Å². The molecule has 1 unspecified atom stereocenters. The molecule has 0 aliphatic carbocycles. The molecule has 0 bridgehead atoms. The minimum atomic E-state index is 0.326. The van der Waals surface area contributed by atoms with Crippen LogP contribution in [0.4, 0.5) is 0 Å². The van der Waals surface area contributed by atoms with E-state index in [0.29, 0.717) is 6.04 Å². The lowest BCUT2D eigenvalue weighted by molar-refractivity contribution is 0.553. The lowest BCUT2D eigenvalue weighted by Gasteiger charge is -2.07. The lowest BCUT2D eigenvalue weighted by Crippen LogP contribution is -2.24. The van der Waals surface area contributed by atoms with Crippen LogP contribution >= 0.6 is 0 Å². The number of hydrogen-bond donors (Lipinski definition) is 1. The van der Waals surface area contributed by atoms with Crippen molar-refractivity contribution in [3.8, 4) is 12.3 Å². The lowest BCUT2D eigenvalue weighted by atomic mass is 10.2. The summed E-state index contributed by atoms with van der Waals surface area (Å²) in [5, 5.41) is 11.0. The van der Waals surface area contributed by atoms with E-state index in [1.807, 2.05) is 13.2 Å². The van der Waals surface area contributed by atoms with Crippen LogP contribution in [0.1, 0.15) is 19.0 Å². The molecule has 4 heteroatoms. The third kappa shape index (κ3) is 3.26. The molecule has 0 amide bonds. The maximum absolute atomic E-state index is 5.18. The van der Waals surface area contributed by atoms with Crippen LogP contribution in [0.15, 0.2) is 6.20 Å². The minimum Gasteiger partial charge on any atom is -0.308 e. The Labute approximate surface area is 78.3 Å². The zero-order chi connectivity index (χ0) is 9.68. The first-order chi connectivity index (χ1) is 6.22. The fourth-order valence-electron chi connectivity index (χ4n) is 1.00. The second kappa shape index (κ2) is 4.63. The first-order valence-electron chi connectivity index (χ1n) is 4.24. The van der Waals surface area contributed by atoms with Gasteiger partial charge in [-0.25, -0.2) is 0 Å². The van der Waals surface area contributed by atoms with Crippen LogP contribution in [0.2, 0.25) is 0 Å². The molecule has 1 aromatic heterocycles. The summed E-state index contributed by atoms with van der Waals surface area (Å²) in [5.41, 5.74) is 0.936. The molecule has 0 aromatic carbocycles. The Hall–Kier alpha value is -1.34. The molecule has 0 aliphatic rings. The molecule has 0 spiro atoms. The number of aryl methyl sites for hydroxylation is 1. The molecule has 0 fully saturated rings. The topological polar surface area (TPSA) is 42.7 Å². The Morgan fingerprint density at radius 1 is 1.77 bits per heavy atom. The third-order valence-electron chi connectivity index (χ3n) is 1.71. The van der Waals surface area contributed by atoms with E-state index < -0.39 is 0 Å². The van der Waals surface area contributed by atoms with Crippen molar-refractivity contribution in [3.63, 3.8) is 0 Å². The van der Waals surface area contributed by atoms with Crippen LogP contribution in [-0.2, 0) is 13.6 Å². The predicted molar refractivity (Wildman–Crippen MR) is 50.8 cm³/mol. The molecule has 0 radical (unpaired) electrons. The SMILES string of the molecule is C#CCC(C)NCc1cn(C)nn1. The molecule has 1 rings (SSSR count). The monoisotopic (exact) mass is 178 g/mol. The number of aromatic nitrogens is 3. The molecule has 0 saturated carbocycles. The fourth-order valence-corrected chi connectivity index (χ4v) is 1.00. The van der Waals surface area contributed by atoms with Gasteiger partial charge in [-0.2, -0.15) is 0 Å². The van der Waals surface area contributed by atoms with Crippen molar-refractivity contribution in [2.45, 2.75) is 25.9 Å². The Bertz CT molecular complexity index is 297. The van der Waals surface area contributed by atoms with E-state index in [0.717, 1.165) is 18.7 Å². The van der Waals surface area contributed by atoms with E-state index >= 15 is 0 Å². The summed E-state index contributed by atoms with van der Waals surface area (Å²) in [6.07, 6.45) is 7.80. The second-order valence-electron chi connectivity index (χ2n) is 3.07. The maximum Gasteiger partial charge on any atom is 0.0964 e. The number of nitrogens with one attached hydrogen (secondary N) is 1. The average molecular weight is 178 g/mol. The molecule has 1 atom stereocenters. The van der Waals surface area contributed by atoms with Gasteiger partial charge in [-0.05, 0) is 6.92 Å². The van der Waals surface area contributed by atoms with Crippen molar-refractivity contribution in [2.75, 3.05) is 0 Å². The number of hydrogen-bond acceptors (Lipinski definition) is 3. The fraction of sp³-hybridized carbons (Fsp3) is 0.556. The minimum absolute atomic E-state index is 0.326. The van der Waals surface area contributed by atoms with Crippen molar-refractivity contribution in [1.29, 1.82) is 0 Å². The van der Waals surface area contributed by atoms with Crippen molar-refractivity contribution in [2.24, 2.45) is 7.05 Å². The van der Waals surface area contributed by atoms with E-state index in [-0.39, 0.29) is 0 Å². The Kier molecular flexibility index (Phi) is 3.47. The molecule has 13 heavy (non-hydrogen) atoms. The van der Waals surface area contributed by atoms with E-state index in [1.54, 1.807) is 4.68 Å². The smallest absolute Gasteiger partial charge is 0.0964 e. The Morgan fingerprint density at radius 2 is 2.54 bits per heavy atom. The average Bonchev–Trinajstić information content (AvgIpc) is 2.49. The highest BCUT2D eigenvalue weighted by Gasteiger charge is 2.01. The van der Waals surface area contributed by atoms with Crippen molar-refractivity contribution in [1.82, 2.24) is 20.3 Å². The predicted octanol–water partition coefficient (Wildman–Crippen LogP) is 0.317. The van der Waals surface area contributed by atoms with Gasteiger partial charge in [0.1, 0.15) is 0 Å². The quantitative estimate of drug-likeness (QED) is 0.675. The summed E-state index contributed by atoms with van der Waals surface area (Å²) in [5.74, 6) is 2.61. The van der Waals surface area contributed by atoms with E-state index in [4.69, 9.17) is 6.42 Å². The summed E-state index contributed by atoms with van der Waals surface area (Å²) >= 11 is 0. The molecule has 70 valence electrons. The summed E-state index contributed by atoms with van der Waals surface area (Å²) in [4.78, 5) is 0. The van der Waals surface area contributed by atoms with Crippen LogP contribution in [0, 0.1) is 12.3 Å². The first kappa shape index (κ1) is 9.75. The molecule has 0 saturated heterocycles. The molecule has 1 N–H and O–H groups in total. The van der Waals surface area contributed by atoms with Gasteiger partial charge in [0.05, 0.1) is 5.69 Å². The van der Waals surface area contributed by atoms with Crippen molar-refractivity contribution in [3.05, 3.63) is 11.9 Å². The summed E-state index contributed by atoms with van der Waals surface area (Å²) in [6.45, 7) is 2.77. The third-order valence-corrected chi connectivity index (χ3v) is 1.71. The van der Waals surface area contributed by atoms with Gasteiger partial charge >= 0.3 is 0 Å². The number of terminal acetylenes is 1. The van der Waals surface area contributed by atoms with Gasteiger partial charge in [-0.3, -0.25) is 4.68 Å². The van der Waals surface area contributed by atoms with Crippen LogP contribution in [0.5, 0.6) is 0 Å². The van der Waals surface area contributed by atoms with Crippen LogP contribution in [0.25, 0.3) is 0 Å². The highest BCUT2D eigenvalue weighted by atomic mass is 15.4. The molecular formula is C9H14N4. The standard InChI is InChI=1S/C9H14N4/c1-4-5-8(2)10-6-9-7-13(3)12-11-9/h1,7-8,10H,5-6H2,2-3H3. The highest BCUT2D eigenvalue weighted by molar-refractivity contribution is 4.93. The normalized spacial score (nSPS) is 12.4. The molecule has 1 heterocycles. The molecule has 0 aliphatic heterocycles. The van der Waals surface area contributed by atoms with E-state index in [2.05, 4.69) is 28.5 Å². The Balaban J connectivity index is 2.31. The molecule has 4 nitrogen and oxygen atoms in total. The van der Waals surface area contributed by atoms with Crippen molar-refractivity contribution < 1.29 is 0 Å². The second-order valence-corrected chi connectivity index (χ2v) is 3.07. The van der Waals surface area contributed by atoms with Crippen LogP contribution < -0.4 is 5.32 Å². The maximum atomic E-state index is 5.18. The largest absolute Gasteiger partial charge is 0.308 e. The van der Waals surface area contributed by atoms with E-state index in [1.165, 1.54) is 0 Å². The summed E-state index contributed by atoms with van der Waals surface area (Å²) < 4.78 is 1.68. The van der Waals surface area contributed by atoms with Crippen LogP contribution in [-0.4, -0.2) is 21.0 Å². The van der Waals surface area contributed by atoms with Gasteiger partial charge in [-0.1, -0.05) is 5.21 Å². The van der Waals surface area contributed by atoms with Gasteiger partial charge in [0.25, 0.3) is 0 Å². The van der Waals surface area contributed by atoms with Gasteiger partial charge < -0.3 is 5.32 Å². The number of nitrogens with zero attached hydrogens (tertiary/aromatic N) is 3. The summed E-state index contributed by atoms with van der Waals surface area (Å²) in [7, 11) is 1.85. The van der Waals surface area contributed by atoms with Crippen molar-refractivity contribution >= 4 is 0 Å². The van der Waals surface area contributed by atoms with Gasteiger partial charge in [0.15, 0.2) is 0 Å². The zero-order valence-corrected chi connectivity index (χ0v) is 7.99.